The van der Waals surface area contributed by atoms with Gasteiger partial charge in [0.2, 0.25) is 5.91 Å². The molecule has 2 fully saturated rings. The van der Waals surface area contributed by atoms with Gasteiger partial charge in [-0.1, -0.05) is 0 Å². The molecule has 2 aliphatic rings. The molecule has 1 atom stereocenters. The van der Waals surface area contributed by atoms with Crippen molar-refractivity contribution in [2.75, 3.05) is 54.2 Å². The van der Waals surface area contributed by atoms with Gasteiger partial charge in [-0.3, -0.25) is 9.59 Å². The number of amides is 2. The zero-order valence-corrected chi connectivity index (χ0v) is 17.4. The molecule has 29 heavy (non-hydrogen) atoms. The molecule has 8 heteroatoms. The number of benzene rings is 1. The Morgan fingerprint density at radius 3 is 2.28 bits per heavy atom. The standard InChI is InChI=1S/C21H30N2O6/c1-26-14-20(24)23(16-5-8-29-9-6-16)17-4-7-22(13-17)21(25)15-10-18(27-2)12-19(11-15)28-3/h10-12,16-17H,4-9,13-14H2,1-3H3. The highest BCUT2D eigenvalue weighted by Gasteiger charge is 2.37. The van der Waals surface area contributed by atoms with Gasteiger partial charge in [0.05, 0.1) is 20.3 Å². The summed E-state index contributed by atoms with van der Waals surface area (Å²) in [5.74, 6) is 1.03. The van der Waals surface area contributed by atoms with Gasteiger partial charge in [-0.2, -0.15) is 0 Å². The van der Waals surface area contributed by atoms with Crippen molar-refractivity contribution in [2.45, 2.75) is 31.3 Å². The van der Waals surface area contributed by atoms with Crippen LogP contribution < -0.4 is 9.47 Å². The highest BCUT2D eigenvalue weighted by molar-refractivity contribution is 5.95. The Morgan fingerprint density at radius 2 is 1.69 bits per heavy atom. The fraction of sp³-hybridized carbons (Fsp3) is 0.619. The van der Waals surface area contributed by atoms with E-state index in [4.69, 9.17) is 18.9 Å². The van der Waals surface area contributed by atoms with Crippen molar-refractivity contribution in [3.05, 3.63) is 23.8 Å². The SMILES string of the molecule is COCC(=O)N(C1CCOCC1)C1CCN(C(=O)c2cc(OC)cc(OC)c2)C1. The Hall–Kier alpha value is -2.32. The molecular weight excluding hydrogens is 376 g/mol. The molecule has 2 saturated heterocycles. The van der Waals surface area contributed by atoms with Crippen molar-refractivity contribution >= 4 is 11.8 Å². The van der Waals surface area contributed by atoms with E-state index in [0.29, 0.717) is 43.4 Å². The molecule has 3 rings (SSSR count). The summed E-state index contributed by atoms with van der Waals surface area (Å²) >= 11 is 0. The topological polar surface area (TPSA) is 77.5 Å². The molecule has 0 aliphatic carbocycles. The third kappa shape index (κ3) is 5.00. The van der Waals surface area contributed by atoms with Crippen molar-refractivity contribution in [3.8, 4) is 11.5 Å². The minimum atomic E-state index is -0.0872. The van der Waals surface area contributed by atoms with Crippen LogP contribution in [-0.2, 0) is 14.3 Å². The second-order valence-electron chi connectivity index (χ2n) is 7.37. The minimum Gasteiger partial charge on any atom is -0.497 e. The number of rotatable bonds is 7. The number of ether oxygens (including phenoxy) is 4. The average molecular weight is 406 g/mol. The third-order valence-corrected chi connectivity index (χ3v) is 5.58. The lowest BCUT2D eigenvalue weighted by atomic mass is 10.0. The molecule has 8 nitrogen and oxygen atoms in total. The molecule has 0 radical (unpaired) electrons. The lowest BCUT2D eigenvalue weighted by Crippen LogP contribution is -2.51. The fourth-order valence-corrected chi connectivity index (χ4v) is 4.13. The lowest BCUT2D eigenvalue weighted by molar-refractivity contribution is -0.142. The van der Waals surface area contributed by atoms with Crippen molar-refractivity contribution in [1.82, 2.24) is 9.80 Å². The lowest BCUT2D eigenvalue weighted by Gasteiger charge is -2.38. The predicted octanol–water partition coefficient (Wildman–Crippen LogP) is 1.57. The molecule has 2 amide bonds. The van der Waals surface area contributed by atoms with E-state index in [9.17, 15) is 9.59 Å². The van der Waals surface area contributed by atoms with Gasteiger partial charge in [0, 0.05) is 51.1 Å². The maximum absolute atomic E-state index is 13.1. The molecule has 0 saturated carbocycles. The summed E-state index contributed by atoms with van der Waals surface area (Å²) in [4.78, 5) is 29.6. The van der Waals surface area contributed by atoms with Gasteiger partial charge in [-0.05, 0) is 31.4 Å². The van der Waals surface area contributed by atoms with Crippen LogP contribution in [-0.4, -0.2) is 87.9 Å². The number of carbonyl (C=O) groups excluding carboxylic acids is 2. The largest absolute Gasteiger partial charge is 0.497 e. The van der Waals surface area contributed by atoms with Gasteiger partial charge in [-0.25, -0.2) is 0 Å². The number of carbonyl (C=O) groups is 2. The molecule has 1 aromatic carbocycles. The van der Waals surface area contributed by atoms with Crippen molar-refractivity contribution in [3.63, 3.8) is 0 Å². The van der Waals surface area contributed by atoms with E-state index in [2.05, 4.69) is 0 Å². The maximum Gasteiger partial charge on any atom is 0.254 e. The Kier molecular flexibility index (Phi) is 7.33. The van der Waals surface area contributed by atoms with Gasteiger partial charge in [0.15, 0.2) is 0 Å². The molecule has 0 aromatic heterocycles. The molecule has 160 valence electrons. The van der Waals surface area contributed by atoms with Crippen LogP contribution in [0.1, 0.15) is 29.6 Å². The van der Waals surface area contributed by atoms with E-state index < -0.39 is 0 Å². The van der Waals surface area contributed by atoms with E-state index in [0.717, 1.165) is 19.3 Å². The summed E-state index contributed by atoms with van der Waals surface area (Å²) in [6.07, 6.45) is 2.37. The maximum atomic E-state index is 13.1. The summed E-state index contributed by atoms with van der Waals surface area (Å²) in [7, 11) is 4.64. The van der Waals surface area contributed by atoms with E-state index in [1.165, 1.54) is 7.11 Å². The van der Waals surface area contributed by atoms with E-state index in [1.807, 2.05) is 4.90 Å². The van der Waals surface area contributed by atoms with E-state index >= 15 is 0 Å². The first-order chi connectivity index (χ1) is 14.1. The summed E-state index contributed by atoms with van der Waals surface area (Å²) in [6.45, 7) is 2.46. The third-order valence-electron chi connectivity index (χ3n) is 5.58. The first kappa shape index (κ1) is 21.4. The van der Waals surface area contributed by atoms with Crippen molar-refractivity contribution in [2.24, 2.45) is 0 Å². The monoisotopic (exact) mass is 406 g/mol. The fourth-order valence-electron chi connectivity index (χ4n) is 4.13. The molecule has 0 bridgehead atoms. The smallest absolute Gasteiger partial charge is 0.254 e. The van der Waals surface area contributed by atoms with Gasteiger partial charge in [0.1, 0.15) is 18.1 Å². The Morgan fingerprint density at radius 1 is 1.03 bits per heavy atom. The highest BCUT2D eigenvalue weighted by Crippen LogP contribution is 2.27. The summed E-state index contributed by atoms with van der Waals surface area (Å²) in [5.41, 5.74) is 0.516. The van der Waals surface area contributed by atoms with Gasteiger partial charge in [-0.15, -0.1) is 0 Å². The Labute approximate surface area is 171 Å². The second kappa shape index (κ2) is 9.93. The highest BCUT2D eigenvalue weighted by atomic mass is 16.5. The normalized spacial score (nSPS) is 19.8. The predicted molar refractivity (Wildman–Crippen MR) is 106 cm³/mol. The Balaban J connectivity index is 1.74. The van der Waals surface area contributed by atoms with Crippen LogP contribution in [0.25, 0.3) is 0 Å². The minimum absolute atomic E-state index is 0.0165. The van der Waals surface area contributed by atoms with Crippen LogP contribution in [0.15, 0.2) is 18.2 Å². The Bertz CT molecular complexity index is 697. The van der Waals surface area contributed by atoms with Crippen molar-refractivity contribution in [1.29, 1.82) is 0 Å². The molecule has 1 unspecified atom stereocenters. The van der Waals surface area contributed by atoms with Crippen LogP contribution in [0, 0.1) is 0 Å². The quantitative estimate of drug-likeness (QED) is 0.684. The van der Waals surface area contributed by atoms with Crippen LogP contribution in [0.2, 0.25) is 0 Å². The van der Waals surface area contributed by atoms with E-state index in [1.54, 1.807) is 37.3 Å². The van der Waals surface area contributed by atoms with Crippen molar-refractivity contribution < 1.29 is 28.5 Å². The summed E-state index contributed by atoms with van der Waals surface area (Å²) in [6, 6.07) is 5.27. The first-order valence-corrected chi connectivity index (χ1v) is 9.97. The van der Waals surface area contributed by atoms with Crippen LogP contribution >= 0.6 is 0 Å². The van der Waals surface area contributed by atoms with Gasteiger partial charge >= 0.3 is 0 Å². The van der Waals surface area contributed by atoms with Crippen LogP contribution in [0.3, 0.4) is 0 Å². The molecule has 2 heterocycles. The molecule has 2 aliphatic heterocycles. The number of nitrogens with zero attached hydrogens (tertiary/aromatic N) is 2. The number of likely N-dealkylation sites (tertiary alicyclic amines) is 1. The van der Waals surface area contributed by atoms with Gasteiger partial charge < -0.3 is 28.7 Å². The summed E-state index contributed by atoms with van der Waals surface area (Å²) < 4.78 is 21.1. The van der Waals surface area contributed by atoms with Crippen LogP contribution in [0.5, 0.6) is 11.5 Å². The number of methoxy groups -OCH3 is 3. The van der Waals surface area contributed by atoms with Crippen LogP contribution in [0.4, 0.5) is 0 Å². The zero-order valence-electron chi connectivity index (χ0n) is 17.4. The summed E-state index contributed by atoms with van der Waals surface area (Å²) in [5, 5.41) is 0. The number of hydrogen-bond acceptors (Lipinski definition) is 6. The molecular formula is C21H30N2O6. The zero-order chi connectivity index (χ0) is 20.8. The first-order valence-electron chi connectivity index (χ1n) is 9.97. The number of hydrogen-bond donors (Lipinski definition) is 0. The molecule has 0 spiro atoms. The molecule has 0 N–H and O–H groups in total. The second-order valence-corrected chi connectivity index (χ2v) is 7.37. The van der Waals surface area contributed by atoms with E-state index in [-0.39, 0.29) is 30.5 Å². The average Bonchev–Trinajstić information content (AvgIpc) is 3.23. The van der Waals surface area contributed by atoms with Gasteiger partial charge in [0.25, 0.3) is 5.91 Å². The molecule has 1 aromatic rings.